The van der Waals surface area contributed by atoms with Gasteiger partial charge in [0.1, 0.15) is 6.23 Å². The number of anilines is 1. The van der Waals surface area contributed by atoms with Crippen LogP contribution >= 0.6 is 0 Å². The number of hydrogen-bond acceptors (Lipinski definition) is 3. The number of piperidine rings is 2. The van der Waals surface area contributed by atoms with Crippen LogP contribution < -0.4 is 4.90 Å². The Balaban J connectivity index is 1.78. The lowest BCUT2D eigenvalue weighted by Crippen LogP contribution is -2.70. The fourth-order valence-electron chi connectivity index (χ4n) is 6.51. The zero-order valence-corrected chi connectivity index (χ0v) is 15.7. The molecule has 0 saturated carbocycles. The molecule has 1 aromatic rings. The highest BCUT2D eigenvalue weighted by Gasteiger charge is 2.59. The predicted molar refractivity (Wildman–Crippen MR) is 99.3 cm³/mol. The molecule has 1 N–H and O–H groups in total. The highest BCUT2D eigenvalue weighted by Crippen LogP contribution is 2.55. The van der Waals surface area contributed by atoms with Crippen molar-refractivity contribution in [1.29, 1.82) is 0 Å². The van der Waals surface area contributed by atoms with Crippen LogP contribution in [0.4, 0.5) is 5.69 Å². The highest BCUT2D eigenvalue weighted by molar-refractivity contribution is 5.64. The first-order chi connectivity index (χ1) is 11.4. The van der Waals surface area contributed by atoms with Gasteiger partial charge in [-0.05, 0) is 43.7 Å². The minimum atomic E-state index is -0.291. The van der Waals surface area contributed by atoms with Gasteiger partial charge in [-0.25, -0.2) is 0 Å². The molecule has 0 amide bonds. The van der Waals surface area contributed by atoms with Crippen LogP contribution in [0.3, 0.4) is 0 Å². The number of aliphatic hydroxyl groups is 1. The molecule has 2 fully saturated rings. The molecule has 3 nitrogen and oxygen atoms in total. The summed E-state index contributed by atoms with van der Waals surface area (Å²) in [6.07, 6.45) is 3.09. The van der Waals surface area contributed by atoms with Crippen molar-refractivity contribution in [2.75, 3.05) is 11.9 Å². The minimum Gasteiger partial charge on any atom is -0.378 e. The molecule has 1 unspecified atom stereocenters. The van der Waals surface area contributed by atoms with E-state index < -0.39 is 0 Å². The molecule has 132 valence electrons. The second kappa shape index (κ2) is 5.47. The molecule has 3 aliphatic rings. The van der Waals surface area contributed by atoms with E-state index in [1.165, 1.54) is 17.7 Å². The highest BCUT2D eigenvalue weighted by atomic mass is 16.3. The van der Waals surface area contributed by atoms with Crippen LogP contribution in [0.25, 0.3) is 0 Å². The van der Waals surface area contributed by atoms with E-state index >= 15 is 0 Å². The SMILES string of the molecule is CC[C@@H]1[C@@H](O)N2[C@H](C)C[C@@]3(C)c4ccccc4N(C)C3[C@@H]2C[C@@H]1C. The van der Waals surface area contributed by atoms with Gasteiger partial charge >= 0.3 is 0 Å². The van der Waals surface area contributed by atoms with Crippen molar-refractivity contribution in [2.24, 2.45) is 11.8 Å². The molecule has 0 spiro atoms. The maximum Gasteiger partial charge on any atom is 0.111 e. The average molecular weight is 329 g/mol. The fraction of sp³-hybridized carbons (Fsp3) is 0.714. The number of rotatable bonds is 1. The van der Waals surface area contributed by atoms with Gasteiger partial charge in [-0.15, -0.1) is 0 Å². The molecular formula is C21H32N2O. The van der Waals surface area contributed by atoms with Crippen LogP contribution in [-0.2, 0) is 5.41 Å². The van der Waals surface area contributed by atoms with Crippen molar-refractivity contribution in [1.82, 2.24) is 4.90 Å². The summed E-state index contributed by atoms with van der Waals surface area (Å²) in [6.45, 7) is 9.34. The molecule has 0 bridgehead atoms. The summed E-state index contributed by atoms with van der Waals surface area (Å²) in [7, 11) is 2.26. The van der Waals surface area contributed by atoms with Crippen molar-refractivity contribution in [2.45, 2.75) is 76.7 Å². The first kappa shape index (κ1) is 16.4. The number of para-hydroxylation sites is 1. The second-order valence-electron chi connectivity index (χ2n) is 8.76. The first-order valence-electron chi connectivity index (χ1n) is 9.68. The lowest BCUT2D eigenvalue weighted by Gasteiger charge is -2.59. The third kappa shape index (κ3) is 1.97. The van der Waals surface area contributed by atoms with Crippen LogP contribution in [0.2, 0.25) is 0 Å². The molecule has 1 aromatic carbocycles. The third-order valence-corrected chi connectivity index (χ3v) is 7.45. The molecule has 4 rings (SSSR count). The zero-order chi connectivity index (χ0) is 17.2. The largest absolute Gasteiger partial charge is 0.378 e. The molecule has 3 heteroatoms. The Bertz CT molecular complexity index is 632. The van der Waals surface area contributed by atoms with Crippen molar-refractivity contribution in [3.63, 3.8) is 0 Å². The lowest BCUT2D eigenvalue weighted by molar-refractivity contribution is -0.160. The van der Waals surface area contributed by atoms with Crippen molar-refractivity contribution in [3.05, 3.63) is 29.8 Å². The van der Waals surface area contributed by atoms with Crippen LogP contribution in [0.15, 0.2) is 24.3 Å². The molecule has 2 saturated heterocycles. The summed E-state index contributed by atoms with van der Waals surface area (Å²) >= 11 is 0. The van der Waals surface area contributed by atoms with E-state index in [0.29, 0.717) is 30.0 Å². The van der Waals surface area contributed by atoms with Gasteiger partial charge in [0.2, 0.25) is 0 Å². The van der Waals surface area contributed by atoms with E-state index in [1.807, 2.05) is 0 Å². The topological polar surface area (TPSA) is 26.7 Å². The van der Waals surface area contributed by atoms with Gasteiger partial charge in [0.25, 0.3) is 0 Å². The Kier molecular flexibility index (Phi) is 3.74. The lowest BCUT2D eigenvalue weighted by atomic mass is 9.64. The summed E-state index contributed by atoms with van der Waals surface area (Å²) in [4.78, 5) is 4.97. The molecule has 3 aliphatic heterocycles. The number of benzene rings is 1. The van der Waals surface area contributed by atoms with E-state index in [1.54, 1.807) is 0 Å². The Morgan fingerprint density at radius 1 is 1.25 bits per heavy atom. The van der Waals surface area contributed by atoms with E-state index in [9.17, 15) is 5.11 Å². The molecular weight excluding hydrogens is 296 g/mol. The summed E-state index contributed by atoms with van der Waals surface area (Å²) in [5.41, 5.74) is 3.08. The van der Waals surface area contributed by atoms with E-state index in [-0.39, 0.29) is 11.6 Å². The summed E-state index contributed by atoms with van der Waals surface area (Å²) < 4.78 is 0. The van der Waals surface area contributed by atoms with Gasteiger partial charge in [0.05, 0.1) is 6.04 Å². The Hall–Kier alpha value is -1.06. The number of hydrogen-bond donors (Lipinski definition) is 1. The standard InChI is InChI=1S/C21H32N2O/c1-6-15-13(2)11-18-19-21(4,12-14(3)23(18)20(15)24)16-9-7-8-10-17(16)22(19)5/h7-10,13-15,18-20,24H,6,11-12H2,1-5H3/t13-,14+,15-,18-,19?,20+,21-/m0/s1. The minimum absolute atomic E-state index is 0.185. The fourth-order valence-corrected chi connectivity index (χ4v) is 6.51. The summed E-state index contributed by atoms with van der Waals surface area (Å²) in [5.74, 6) is 0.986. The smallest absolute Gasteiger partial charge is 0.111 e. The van der Waals surface area contributed by atoms with Crippen molar-refractivity contribution < 1.29 is 5.11 Å². The van der Waals surface area contributed by atoms with E-state index in [4.69, 9.17) is 0 Å². The normalized spacial score (nSPS) is 44.8. The van der Waals surface area contributed by atoms with Crippen molar-refractivity contribution >= 4 is 5.69 Å². The van der Waals surface area contributed by atoms with Crippen LogP contribution in [0.5, 0.6) is 0 Å². The maximum absolute atomic E-state index is 11.1. The monoisotopic (exact) mass is 328 g/mol. The zero-order valence-electron chi connectivity index (χ0n) is 15.7. The summed E-state index contributed by atoms with van der Waals surface area (Å²) in [5, 5.41) is 11.1. The summed E-state index contributed by atoms with van der Waals surface area (Å²) in [6, 6.07) is 10.3. The van der Waals surface area contributed by atoms with Gasteiger partial charge in [-0.3, -0.25) is 4.90 Å². The molecule has 0 aromatic heterocycles. The molecule has 7 atom stereocenters. The average Bonchev–Trinajstić information content (AvgIpc) is 2.76. The Labute approximate surface area is 146 Å². The Morgan fingerprint density at radius 2 is 1.96 bits per heavy atom. The van der Waals surface area contributed by atoms with Crippen molar-refractivity contribution in [3.8, 4) is 0 Å². The van der Waals surface area contributed by atoms with E-state index in [0.717, 1.165) is 12.8 Å². The number of fused-ring (bicyclic) bond motifs is 5. The van der Waals surface area contributed by atoms with Crippen LogP contribution in [0.1, 0.15) is 52.5 Å². The van der Waals surface area contributed by atoms with Gasteiger partial charge in [0.15, 0.2) is 0 Å². The molecule has 24 heavy (non-hydrogen) atoms. The Morgan fingerprint density at radius 3 is 2.67 bits per heavy atom. The van der Waals surface area contributed by atoms with Gasteiger partial charge in [-0.2, -0.15) is 0 Å². The number of likely N-dealkylation sites (N-methyl/N-ethyl adjacent to an activating group) is 1. The van der Waals surface area contributed by atoms with Gasteiger partial charge in [0, 0.05) is 36.2 Å². The second-order valence-corrected chi connectivity index (χ2v) is 8.76. The van der Waals surface area contributed by atoms with E-state index in [2.05, 4.69) is 68.8 Å². The molecule has 3 heterocycles. The molecule has 0 radical (unpaired) electrons. The number of nitrogens with zero attached hydrogens (tertiary/aromatic N) is 2. The molecule has 0 aliphatic carbocycles. The van der Waals surface area contributed by atoms with Crippen LogP contribution in [-0.4, -0.2) is 41.4 Å². The third-order valence-electron chi connectivity index (χ3n) is 7.45. The number of aliphatic hydroxyl groups excluding tert-OH is 1. The van der Waals surface area contributed by atoms with Gasteiger partial charge < -0.3 is 10.0 Å². The predicted octanol–water partition coefficient (Wildman–Crippen LogP) is 3.61. The quantitative estimate of drug-likeness (QED) is 0.853. The van der Waals surface area contributed by atoms with Crippen LogP contribution in [0, 0.1) is 11.8 Å². The maximum atomic E-state index is 11.1. The van der Waals surface area contributed by atoms with Gasteiger partial charge in [-0.1, -0.05) is 39.0 Å². The first-order valence-corrected chi connectivity index (χ1v) is 9.68.